The third-order valence-electron chi connectivity index (χ3n) is 6.10. The molecule has 4 heterocycles. The molecule has 0 radical (unpaired) electrons. The first-order valence-electron chi connectivity index (χ1n) is 10.7. The lowest BCUT2D eigenvalue weighted by atomic mass is 10.0. The number of aromatic nitrogens is 5. The van der Waals surface area contributed by atoms with Crippen molar-refractivity contribution < 1.29 is 13.6 Å². The Morgan fingerprint density at radius 1 is 1.30 bits per heavy atom. The van der Waals surface area contributed by atoms with Gasteiger partial charge in [-0.1, -0.05) is 12.1 Å². The predicted molar refractivity (Wildman–Crippen MR) is 120 cm³/mol. The molecule has 3 aromatic heterocycles. The number of hydrogen-bond acceptors (Lipinski definition) is 5. The fourth-order valence-corrected chi connectivity index (χ4v) is 4.34. The van der Waals surface area contributed by atoms with E-state index in [2.05, 4.69) is 25.4 Å². The number of nitrogens with one attached hydrogen (secondary N) is 2. The van der Waals surface area contributed by atoms with E-state index in [4.69, 9.17) is 4.98 Å². The molecule has 1 saturated heterocycles. The summed E-state index contributed by atoms with van der Waals surface area (Å²) in [4.78, 5) is 23.8. The van der Waals surface area contributed by atoms with Crippen LogP contribution in [0.5, 0.6) is 0 Å². The third-order valence-corrected chi connectivity index (χ3v) is 6.10. The van der Waals surface area contributed by atoms with Crippen LogP contribution >= 0.6 is 0 Å². The molecule has 1 amide bonds. The van der Waals surface area contributed by atoms with Crippen LogP contribution in [0.25, 0.3) is 22.3 Å². The number of anilines is 1. The zero-order valence-electron chi connectivity index (χ0n) is 18.0. The van der Waals surface area contributed by atoms with E-state index in [-0.39, 0.29) is 0 Å². The van der Waals surface area contributed by atoms with E-state index >= 15 is 0 Å². The number of carbonyl (C=O) groups is 1. The van der Waals surface area contributed by atoms with Gasteiger partial charge in [-0.25, -0.2) is 18.7 Å². The monoisotopic (exact) mass is 451 g/mol. The lowest BCUT2D eigenvalue weighted by Crippen LogP contribution is -2.29. The van der Waals surface area contributed by atoms with Gasteiger partial charge in [0.2, 0.25) is 0 Å². The maximum atomic E-state index is 12.5. The molecular formula is C23H23F2N7O. The van der Waals surface area contributed by atoms with E-state index in [0.29, 0.717) is 17.4 Å². The maximum Gasteiger partial charge on any atom is 0.268 e. The average molecular weight is 451 g/mol. The molecule has 5 rings (SSSR count). The van der Waals surface area contributed by atoms with Gasteiger partial charge in [0.1, 0.15) is 11.5 Å². The summed E-state index contributed by atoms with van der Waals surface area (Å²) in [5.74, 6) is 1.34. The van der Waals surface area contributed by atoms with Gasteiger partial charge in [-0.2, -0.15) is 5.10 Å². The van der Waals surface area contributed by atoms with Crippen LogP contribution in [0.2, 0.25) is 0 Å². The standard InChI is InChI=1S/C23H23F2N7O/c1-31-18-9-15(3-2-14(18)8-19(31)23(33)27-12-20(24)25)22-26-6-4-21(30-22)32-7-5-16(13-32)17-10-28-29-11-17/h2-4,6,8-11,16,20H,5,7,12-13H2,1H3,(H,27,33)(H,28,29). The molecule has 10 heteroatoms. The topological polar surface area (TPSA) is 91.7 Å². The summed E-state index contributed by atoms with van der Waals surface area (Å²) in [5.41, 5.74) is 3.13. The SMILES string of the molecule is Cn1c(C(=O)NCC(F)F)cc2ccc(-c3nccc(N4CCC(c5cn[nH]c5)C4)n3)cc21. The molecule has 1 aliphatic heterocycles. The lowest BCUT2D eigenvalue weighted by molar-refractivity contribution is 0.0884. The van der Waals surface area contributed by atoms with Crippen molar-refractivity contribution in [2.45, 2.75) is 18.8 Å². The highest BCUT2D eigenvalue weighted by Gasteiger charge is 2.26. The van der Waals surface area contributed by atoms with Gasteiger partial charge in [0.05, 0.1) is 12.7 Å². The van der Waals surface area contributed by atoms with Crippen molar-refractivity contribution in [1.82, 2.24) is 30.0 Å². The van der Waals surface area contributed by atoms with Crippen molar-refractivity contribution in [3.63, 3.8) is 0 Å². The van der Waals surface area contributed by atoms with Gasteiger partial charge in [0.25, 0.3) is 12.3 Å². The summed E-state index contributed by atoms with van der Waals surface area (Å²) in [6.45, 7) is 1.09. The van der Waals surface area contributed by atoms with Gasteiger partial charge < -0.3 is 14.8 Å². The number of benzene rings is 1. The highest BCUT2D eigenvalue weighted by molar-refractivity contribution is 5.99. The van der Waals surface area contributed by atoms with Crippen molar-refractivity contribution >= 4 is 22.6 Å². The van der Waals surface area contributed by atoms with Crippen LogP contribution in [0.3, 0.4) is 0 Å². The number of rotatable bonds is 6. The number of amides is 1. The van der Waals surface area contributed by atoms with Crippen molar-refractivity contribution in [2.24, 2.45) is 7.05 Å². The van der Waals surface area contributed by atoms with E-state index in [1.54, 1.807) is 23.9 Å². The number of H-pyrrole nitrogens is 1. The van der Waals surface area contributed by atoms with Gasteiger partial charge in [0.15, 0.2) is 5.82 Å². The van der Waals surface area contributed by atoms with Gasteiger partial charge >= 0.3 is 0 Å². The molecular weight excluding hydrogens is 428 g/mol. The van der Waals surface area contributed by atoms with Crippen molar-refractivity contribution in [2.75, 3.05) is 24.5 Å². The number of hydrogen-bond donors (Lipinski definition) is 2. The van der Waals surface area contributed by atoms with E-state index < -0.39 is 18.9 Å². The third kappa shape index (κ3) is 4.15. The Morgan fingerprint density at radius 2 is 2.18 bits per heavy atom. The molecule has 0 saturated carbocycles. The van der Waals surface area contributed by atoms with Crippen molar-refractivity contribution in [3.05, 3.63) is 60.2 Å². The predicted octanol–water partition coefficient (Wildman–Crippen LogP) is 3.35. The average Bonchev–Trinajstić information content (AvgIpc) is 3.58. The first kappa shape index (κ1) is 21.0. The normalized spacial score (nSPS) is 16.1. The Morgan fingerprint density at radius 3 is 2.97 bits per heavy atom. The first-order valence-corrected chi connectivity index (χ1v) is 10.7. The summed E-state index contributed by atoms with van der Waals surface area (Å²) in [7, 11) is 1.74. The minimum Gasteiger partial charge on any atom is -0.356 e. The summed E-state index contributed by atoms with van der Waals surface area (Å²) >= 11 is 0. The number of alkyl halides is 2. The quantitative estimate of drug-likeness (QED) is 0.469. The number of halogens is 2. The molecule has 1 unspecified atom stereocenters. The van der Waals surface area contributed by atoms with Gasteiger partial charge in [-0.3, -0.25) is 9.89 Å². The minimum atomic E-state index is -2.59. The number of aryl methyl sites for hydroxylation is 1. The molecule has 0 aliphatic carbocycles. The van der Waals surface area contributed by atoms with Crippen LogP contribution in [0.4, 0.5) is 14.6 Å². The second-order valence-corrected chi connectivity index (χ2v) is 8.16. The molecule has 4 aromatic rings. The highest BCUT2D eigenvalue weighted by atomic mass is 19.3. The summed E-state index contributed by atoms with van der Waals surface area (Å²) in [5, 5.41) is 10.0. The summed E-state index contributed by atoms with van der Waals surface area (Å²) in [6.07, 6.45) is 4.00. The van der Waals surface area contributed by atoms with Crippen LogP contribution in [-0.2, 0) is 7.05 Å². The molecule has 1 fully saturated rings. The Labute approximate surface area is 188 Å². The van der Waals surface area contributed by atoms with Crippen LogP contribution in [0.15, 0.2) is 48.9 Å². The van der Waals surface area contributed by atoms with E-state index in [1.165, 1.54) is 5.56 Å². The first-order chi connectivity index (χ1) is 16.0. The molecule has 170 valence electrons. The molecule has 0 spiro atoms. The summed E-state index contributed by atoms with van der Waals surface area (Å²) < 4.78 is 26.6. The van der Waals surface area contributed by atoms with E-state index in [0.717, 1.165) is 41.8 Å². The molecule has 2 N–H and O–H groups in total. The van der Waals surface area contributed by atoms with Crippen LogP contribution in [-0.4, -0.2) is 56.7 Å². The second kappa shape index (κ2) is 8.61. The molecule has 1 aromatic carbocycles. The maximum absolute atomic E-state index is 12.5. The van der Waals surface area contributed by atoms with Crippen LogP contribution < -0.4 is 10.2 Å². The smallest absolute Gasteiger partial charge is 0.268 e. The Hall–Kier alpha value is -3.82. The molecule has 1 atom stereocenters. The molecule has 1 aliphatic rings. The Balaban J connectivity index is 1.39. The highest BCUT2D eigenvalue weighted by Crippen LogP contribution is 2.31. The fourth-order valence-electron chi connectivity index (χ4n) is 4.34. The van der Waals surface area contributed by atoms with Crippen LogP contribution in [0.1, 0.15) is 28.4 Å². The van der Waals surface area contributed by atoms with Crippen molar-refractivity contribution in [3.8, 4) is 11.4 Å². The van der Waals surface area contributed by atoms with Crippen LogP contribution in [0, 0.1) is 0 Å². The Kier molecular flexibility index (Phi) is 5.49. The van der Waals surface area contributed by atoms with Gasteiger partial charge in [-0.15, -0.1) is 0 Å². The molecule has 8 nitrogen and oxygen atoms in total. The van der Waals surface area contributed by atoms with Gasteiger partial charge in [-0.05, 0) is 30.2 Å². The largest absolute Gasteiger partial charge is 0.356 e. The number of nitrogens with zero attached hydrogens (tertiary/aromatic N) is 5. The number of aromatic amines is 1. The number of carbonyl (C=O) groups excluding carboxylic acids is 1. The zero-order chi connectivity index (χ0) is 22.9. The van der Waals surface area contributed by atoms with E-state index in [9.17, 15) is 13.6 Å². The minimum absolute atomic E-state index is 0.319. The van der Waals surface area contributed by atoms with Gasteiger partial charge in [0, 0.05) is 54.9 Å². The Bertz CT molecular complexity index is 1290. The fraction of sp³-hybridized carbons (Fsp3) is 0.304. The van der Waals surface area contributed by atoms with E-state index in [1.807, 2.05) is 36.7 Å². The van der Waals surface area contributed by atoms with Crippen molar-refractivity contribution in [1.29, 1.82) is 0 Å². The molecule has 0 bridgehead atoms. The zero-order valence-corrected chi connectivity index (χ0v) is 18.0. The number of fused-ring (bicyclic) bond motifs is 1. The molecule has 33 heavy (non-hydrogen) atoms. The lowest BCUT2D eigenvalue weighted by Gasteiger charge is -2.17. The second-order valence-electron chi connectivity index (χ2n) is 8.16. The summed E-state index contributed by atoms with van der Waals surface area (Å²) in [6, 6.07) is 9.30.